The first-order valence-corrected chi connectivity index (χ1v) is 5.78. The Morgan fingerprint density at radius 3 is 3.06 bits per heavy atom. The van der Waals surface area contributed by atoms with Gasteiger partial charge in [0, 0.05) is 13.7 Å². The summed E-state index contributed by atoms with van der Waals surface area (Å²) in [5.74, 6) is -0.393. The van der Waals surface area contributed by atoms with Gasteiger partial charge in [0.05, 0.1) is 30.1 Å². The first-order chi connectivity index (χ1) is 8.58. The molecule has 1 heterocycles. The fourth-order valence-electron chi connectivity index (χ4n) is 1.44. The van der Waals surface area contributed by atoms with Gasteiger partial charge in [0.1, 0.15) is 5.15 Å². The number of hydrogen-bond acceptors (Lipinski definition) is 5. The number of aliphatic hydroxyl groups is 1. The fourth-order valence-corrected chi connectivity index (χ4v) is 1.63. The van der Waals surface area contributed by atoms with Gasteiger partial charge in [-0.05, 0) is 12.5 Å². The number of hydrogen-bond donors (Lipinski definition) is 3. The number of ether oxygens (including phenoxy) is 1. The minimum Gasteiger partial charge on any atom is -0.397 e. The lowest BCUT2D eigenvalue weighted by Crippen LogP contribution is -2.38. The third-order valence-corrected chi connectivity index (χ3v) is 2.59. The number of carbonyl (C=O) groups is 1. The number of rotatable bonds is 6. The molecular weight excluding hydrogens is 258 g/mol. The first-order valence-electron chi connectivity index (χ1n) is 5.40. The van der Waals surface area contributed by atoms with Crippen LogP contribution in [0.15, 0.2) is 12.3 Å². The van der Waals surface area contributed by atoms with Crippen molar-refractivity contribution in [1.29, 1.82) is 0 Å². The van der Waals surface area contributed by atoms with Gasteiger partial charge >= 0.3 is 0 Å². The number of halogens is 1. The minimum absolute atomic E-state index is 0.0444. The quantitative estimate of drug-likeness (QED) is 0.654. The molecule has 1 rings (SSSR count). The first kappa shape index (κ1) is 14.7. The standard InChI is InChI=1S/C11H16ClN3O3/c1-18-6-8(2-3-16)15-11(17)9-4-7(13)5-14-10(9)12/h4-5,8,16H,2-3,6,13H2,1H3,(H,15,17). The molecule has 1 unspecified atom stereocenters. The molecular formula is C11H16ClN3O3. The molecule has 0 saturated carbocycles. The normalized spacial score (nSPS) is 12.2. The highest BCUT2D eigenvalue weighted by molar-refractivity contribution is 6.32. The molecule has 1 aromatic heterocycles. The van der Waals surface area contributed by atoms with E-state index in [4.69, 9.17) is 27.2 Å². The molecule has 100 valence electrons. The fraction of sp³-hybridized carbons (Fsp3) is 0.455. The number of carbonyl (C=O) groups excluding carboxylic acids is 1. The van der Waals surface area contributed by atoms with E-state index in [0.29, 0.717) is 18.7 Å². The summed E-state index contributed by atoms with van der Waals surface area (Å²) in [6.45, 7) is 0.261. The van der Waals surface area contributed by atoms with Crippen molar-refractivity contribution in [3.63, 3.8) is 0 Å². The molecule has 0 bridgehead atoms. The number of aromatic nitrogens is 1. The maximum atomic E-state index is 11.9. The maximum Gasteiger partial charge on any atom is 0.254 e. The van der Waals surface area contributed by atoms with Gasteiger partial charge in [-0.1, -0.05) is 11.6 Å². The summed E-state index contributed by atoms with van der Waals surface area (Å²) >= 11 is 5.82. The predicted octanol–water partition coefficient (Wildman–Crippen LogP) is 0.444. The summed E-state index contributed by atoms with van der Waals surface area (Å²) in [5, 5.41) is 11.7. The van der Waals surface area contributed by atoms with Gasteiger partial charge in [0.2, 0.25) is 0 Å². The van der Waals surface area contributed by atoms with E-state index >= 15 is 0 Å². The zero-order chi connectivity index (χ0) is 13.5. The number of pyridine rings is 1. The van der Waals surface area contributed by atoms with E-state index in [1.54, 1.807) is 0 Å². The molecule has 4 N–H and O–H groups in total. The van der Waals surface area contributed by atoms with Crippen LogP contribution >= 0.6 is 11.6 Å². The second kappa shape index (κ2) is 7.15. The molecule has 0 aromatic carbocycles. The van der Waals surface area contributed by atoms with Gasteiger partial charge in [-0.25, -0.2) is 4.98 Å². The largest absolute Gasteiger partial charge is 0.397 e. The molecule has 0 fully saturated rings. The van der Waals surface area contributed by atoms with Gasteiger partial charge in [-0.15, -0.1) is 0 Å². The van der Waals surface area contributed by atoms with Gasteiger partial charge < -0.3 is 20.9 Å². The second-order valence-corrected chi connectivity index (χ2v) is 4.10. The highest BCUT2D eigenvalue weighted by atomic mass is 35.5. The third kappa shape index (κ3) is 4.14. The summed E-state index contributed by atoms with van der Waals surface area (Å²) in [5.41, 5.74) is 6.11. The highest BCUT2D eigenvalue weighted by Gasteiger charge is 2.16. The van der Waals surface area contributed by atoms with Crippen LogP contribution in [0.2, 0.25) is 5.15 Å². The highest BCUT2D eigenvalue weighted by Crippen LogP contribution is 2.15. The zero-order valence-corrected chi connectivity index (χ0v) is 10.8. The molecule has 0 spiro atoms. The van der Waals surface area contributed by atoms with Crippen molar-refractivity contribution >= 4 is 23.2 Å². The molecule has 1 aromatic rings. The van der Waals surface area contributed by atoms with Crippen LogP contribution in [0, 0.1) is 0 Å². The lowest BCUT2D eigenvalue weighted by molar-refractivity contribution is 0.0878. The van der Waals surface area contributed by atoms with Crippen LogP contribution < -0.4 is 11.1 Å². The van der Waals surface area contributed by atoms with Crippen LogP contribution in [-0.2, 0) is 4.74 Å². The Hall–Kier alpha value is -1.37. The van der Waals surface area contributed by atoms with Gasteiger partial charge in [0.25, 0.3) is 5.91 Å². The number of anilines is 1. The number of nitrogens with zero attached hydrogens (tertiary/aromatic N) is 1. The van der Waals surface area contributed by atoms with Crippen molar-refractivity contribution in [2.75, 3.05) is 26.1 Å². The summed E-state index contributed by atoms with van der Waals surface area (Å²) in [7, 11) is 1.52. The van der Waals surface area contributed by atoms with E-state index in [0.717, 1.165) is 0 Å². The molecule has 0 aliphatic carbocycles. The van der Waals surface area contributed by atoms with Gasteiger partial charge in [-0.2, -0.15) is 0 Å². The number of aliphatic hydroxyl groups excluding tert-OH is 1. The molecule has 0 saturated heterocycles. The van der Waals surface area contributed by atoms with Crippen molar-refractivity contribution < 1.29 is 14.6 Å². The maximum absolute atomic E-state index is 11.9. The summed E-state index contributed by atoms with van der Waals surface area (Å²) in [4.78, 5) is 15.7. The average molecular weight is 274 g/mol. The number of amides is 1. The molecule has 0 aliphatic rings. The minimum atomic E-state index is -0.393. The lowest BCUT2D eigenvalue weighted by Gasteiger charge is -2.17. The molecule has 18 heavy (non-hydrogen) atoms. The monoisotopic (exact) mass is 273 g/mol. The van der Waals surface area contributed by atoms with Crippen molar-refractivity contribution in [1.82, 2.24) is 10.3 Å². The molecule has 7 heteroatoms. The Morgan fingerprint density at radius 1 is 1.72 bits per heavy atom. The Kier molecular flexibility index (Phi) is 5.84. The van der Waals surface area contributed by atoms with E-state index < -0.39 is 5.91 Å². The number of nitrogens with two attached hydrogens (primary N) is 1. The summed E-state index contributed by atoms with van der Waals surface area (Å²) in [6.07, 6.45) is 1.77. The molecule has 1 atom stereocenters. The van der Waals surface area contributed by atoms with Crippen LogP contribution in [-0.4, -0.2) is 42.4 Å². The Bertz CT molecular complexity index is 409. The van der Waals surface area contributed by atoms with Crippen molar-refractivity contribution in [3.8, 4) is 0 Å². The van der Waals surface area contributed by atoms with Crippen LogP contribution in [0.3, 0.4) is 0 Å². The molecule has 0 aliphatic heterocycles. The molecule has 1 amide bonds. The Balaban J connectivity index is 2.76. The van der Waals surface area contributed by atoms with Crippen LogP contribution in [0.4, 0.5) is 5.69 Å². The van der Waals surface area contributed by atoms with Crippen molar-refractivity contribution in [2.45, 2.75) is 12.5 Å². The molecule has 0 radical (unpaired) electrons. The van der Waals surface area contributed by atoms with E-state index in [-0.39, 0.29) is 23.4 Å². The predicted molar refractivity (Wildman–Crippen MR) is 68.5 cm³/mol. The summed E-state index contributed by atoms with van der Waals surface area (Å²) in [6, 6.07) is 1.16. The zero-order valence-electron chi connectivity index (χ0n) is 10.0. The topological polar surface area (TPSA) is 97.5 Å². The van der Waals surface area contributed by atoms with E-state index in [2.05, 4.69) is 10.3 Å². The number of nitrogen functional groups attached to an aromatic ring is 1. The lowest BCUT2D eigenvalue weighted by atomic mass is 10.2. The Morgan fingerprint density at radius 2 is 2.44 bits per heavy atom. The summed E-state index contributed by atoms with van der Waals surface area (Å²) < 4.78 is 4.95. The van der Waals surface area contributed by atoms with E-state index in [9.17, 15) is 4.79 Å². The van der Waals surface area contributed by atoms with Crippen molar-refractivity contribution in [3.05, 3.63) is 23.0 Å². The van der Waals surface area contributed by atoms with Crippen LogP contribution in [0.1, 0.15) is 16.8 Å². The molecule has 6 nitrogen and oxygen atoms in total. The number of methoxy groups -OCH3 is 1. The van der Waals surface area contributed by atoms with E-state index in [1.165, 1.54) is 19.4 Å². The van der Waals surface area contributed by atoms with E-state index in [1.807, 2.05) is 0 Å². The average Bonchev–Trinajstić information content (AvgIpc) is 2.33. The third-order valence-electron chi connectivity index (χ3n) is 2.29. The van der Waals surface area contributed by atoms with Gasteiger partial charge in [0.15, 0.2) is 0 Å². The SMILES string of the molecule is COCC(CCO)NC(=O)c1cc(N)cnc1Cl. The second-order valence-electron chi connectivity index (χ2n) is 3.75. The van der Waals surface area contributed by atoms with Crippen LogP contribution in [0.5, 0.6) is 0 Å². The van der Waals surface area contributed by atoms with Crippen molar-refractivity contribution in [2.24, 2.45) is 0 Å². The Labute approximate surface area is 110 Å². The smallest absolute Gasteiger partial charge is 0.254 e. The van der Waals surface area contributed by atoms with Crippen LogP contribution in [0.25, 0.3) is 0 Å². The number of nitrogens with one attached hydrogen (secondary N) is 1. The van der Waals surface area contributed by atoms with Gasteiger partial charge in [-0.3, -0.25) is 4.79 Å².